The van der Waals surface area contributed by atoms with Crippen molar-refractivity contribution in [1.82, 2.24) is 0 Å². The van der Waals surface area contributed by atoms with E-state index in [1.165, 1.54) is 6.07 Å². The summed E-state index contributed by atoms with van der Waals surface area (Å²) in [6.07, 6.45) is 0. The lowest BCUT2D eigenvalue weighted by Crippen LogP contribution is -2.07. The molecule has 0 aliphatic heterocycles. The predicted octanol–water partition coefficient (Wildman–Crippen LogP) is 4.53. The van der Waals surface area contributed by atoms with Crippen LogP contribution in [0.5, 0.6) is 5.75 Å². The number of hydrogen-bond acceptors (Lipinski definition) is 3. The van der Waals surface area contributed by atoms with Crippen LogP contribution in [0.2, 0.25) is 0 Å². The molecule has 0 atom stereocenters. The normalized spacial score (nSPS) is 10.2. The summed E-state index contributed by atoms with van der Waals surface area (Å²) in [6, 6.07) is 13.8. The van der Waals surface area contributed by atoms with E-state index in [1.807, 2.05) is 0 Å². The van der Waals surface area contributed by atoms with E-state index in [2.05, 4.69) is 32.1 Å². The van der Waals surface area contributed by atoms with E-state index >= 15 is 0 Å². The molecule has 6 heteroatoms. The monoisotopic (exact) mass is 352 g/mol. The summed E-state index contributed by atoms with van der Waals surface area (Å²) in [5.74, 6) is 0.121. The van der Waals surface area contributed by atoms with E-state index < -0.39 is 6.61 Å². The zero-order valence-corrected chi connectivity index (χ0v) is 12.4. The lowest BCUT2D eigenvalue weighted by molar-refractivity contribution is -0.0504. The summed E-state index contributed by atoms with van der Waals surface area (Å²) in [6.45, 7) is -2.59. The molecule has 0 saturated carbocycles. The molecule has 0 heterocycles. The van der Waals surface area contributed by atoms with Crippen molar-refractivity contribution in [2.24, 2.45) is 0 Å². The SMILES string of the molecule is N#Cc1cc(Br)ccc1NCc1ccccc1OC(F)F. The highest BCUT2D eigenvalue weighted by Crippen LogP contribution is 2.24. The fourth-order valence-corrected chi connectivity index (χ4v) is 2.18. The number of alkyl halides is 2. The number of nitrogens with zero attached hydrogens (tertiary/aromatic N) is 1. The average Bonchev–Trinajstić information content (AvgIpc) is 2.46. The van der Waals surface area contributed by atoms with E-state index in [9.17, 15) is 8.78 Å². The summed E-state index contributed by atoms with van der Waals surface area (Å²) >= 11 is 3.29. The molecule has 0 amide bonds. The van der Waals surface area contributed by atoms with Crippen LogP contribution in [0.25, 0.3) is 0 Å². The molecule has 0 aliphatic rings. The fourth-order valence-electron chi connectivity index (χ4n) is 1.81. The number of halogens is 3. The highest BCUT2D eigenvalue weighted by Gasteiger charge is 2.09. The van der Waals surface area contributed by atoms with Gasteiger partial charge in [-0.3, -0.25) is 0 Å². The van der Waals surface area contributed by atoms with Gasteiger partial charge in [-0.15, -0.1) is 0 Å². The van der Waals surface area contributed by atoms with Gasteiger partial charge in [-0.05, 0) is 24.3 Å². The fraction of sp³-hybridized carbons (Fsp3) is 0.133. The maximum Gasteiger partial charge on any atom is 0.387 e. The largest absolute Gasteiger partial charge is 0.434 e. The van der Waals surface area contributed by atoms with Crippen molar-refractivity contribution in [1.29, 1.82) is 5.26 Å². The quantitative estimate of drug-likeness (QED) is 0.859. The van der Waals surface area contributed by atoms with Gasteiger partial charge in [0.2, 0.25) is 0 Å². The Labute approximate surface area is 129 Å². The Bertz CT molecular complexity index is 671. The maximum atomic E-state index is 12.3. The minimum Gasteiger partial charge on any atom is -0.434 e. The molecule has 0 fully saturated rings. The third kappa shape index (κ3) is 4.17. The first-order chi connectivity index (χ1) is 10.1. The first kappa shape index (κ1) is 15.3. The van der Waals surface area contributed by atoms with Crippen LogP contribution in [0.3, 0.4) is 0 Å². The number of ether oxygens (including phenoxy) is 1. The minimum absolute atomic E-state index is 0.121. The van der Waals surface area contributed by atoms with Gasteiger partial charge >= 0.3 is 6.61 Å². The Hall–Kier alpha value is -2.13. The molecule has 2 aromatic carbocycles. The highest BCUT2D eigenvalue weighted by molar-refractivity contribution is 9.10. The van der Waals surface area contributed by atoms with E-state index in [4.69, 9.17) is 5.26 Å². The molecular weight excluding hydrogens is 342 g/mol. The van der Waals surface area contributed by atoms with Crippen molar-refractivity contribution in [2.75, 3.05) is 5.32 Å². The topological polar surface area (TPSA) is 45.0 Å². The summed E-state index contributed by atoms with van der Waals surface area (Å²) in [4.78, 5) is 0. The van der Waals surface area contributed by atoms with Crippen LogP contribution in [0.1, 0.15) is 11.1 Å². The molecule has 1 N–H and O–H groups in total. The van der Waals surface area contributed by atoms with Gasteiger partial charge in [0.1, 0.15) is 11.8 Å². The summed E-state index contributed by atoms with van der Waals surface area (Å²) in [5, 5.41) is 12.1. The smallest absolute Gasteiger partial charge is 0.387 e. The number of rotatable bonds is 5. The maximum absolute atomic E-state index is 12.3. The lowest BCUT2D eigenvalue weighted by atomic mass is 10.1. The first-order valence-corrected chi connectivity index (χ1v) is 6.85. The molecule has 0 spiro atoms. The number of nitriles is 1. The molecule has 0 aromatic heterocycles. The van der Waals surface area contributed by atoms with Gasteiger partial charge < -0.3 is 10.1 Å². The number of nitrogens with one attached hydrogen (secondary N) is 1. The zero-order valence-electron chi connectivity index (χ0n) is 10.8. The van der Waals surface area contributed by atoms with Crippen LogP contribution in [-0.4, -0.2) is 6.61 Å². The van der Waals surface area contributed by atoms with E-state index in [0.717, 1.165) is 4.47 Å². The van der Waals surface area contributed by atoms with Gasteiger partial charge in [0.05, 0.1) is 11.3 Å². The molecule has 3 nitrogen and oxygen atoms in total. The van der Waals surface area contributed by atoms with Gasteiger partial charge in [-0.25, -0.2) is 0 Å². The van der Waals surface area contributed by atoms with Crippen molar-refractivity contribution in [3.63, 3.8) is 0 Å². The summed E-state index contributed by atoms with van der Waals surface area (Å²) in [5.41, 5.74) is 1.69. The summed E-state index contributed by atoms with van der Waals surface area (Å²) in [7, 11) is 0. The van der Waals surface area contributed by atoms with E-state index in [-0.39, 0.29) is 12.3 Å². The number of hydrogen-bond donors (Lipinski definition) is 1. The molecule has 2 rings (SSSR count). The van der Waals surface area contributed by atoms with Gasteiger partial charge in [0.15, 0.2) is 0 Å². The molecule has 0 unspecified atom stereocenters. The van der Waals surface area contributed by atoms with Crippen molar-refractivity contribution < 1.29 is 13.5 Å². The Morgan fingerprint density at radius 1 is 1.24 bits per heavy atom. The first-order valence-electron chi connectivity index (χ1n) is 6.06. The Balaban J connectivity index is 2.15. The van der Waals surface area contributed by atoms with Gasteiger partial charge in [0.25, 0.3) is 0 Å². The average molecular weight is 353 g/mol. The van der Waals surface area contributed by atoms with Crippen LogP contribution in [0.4, 0.5) is 14.5 Å². The molecule has 0 aliphatic carbocycles. The Morgan fingerprint density at radius 3 is 2.71 bits per heavy atom. The van der Waals surface area contributed by atoms with Crippen LogP contribution in [0.15, 0.2) is 46.9 Å². The molecule has 0 radical (unpaired) electrons. The van der Waals surface area contributed by atoms with Gasteiger partial charge in [-0.2, -0.15) is 14.0 Å². The lowest BCUT2D eigenvalue weighted by Gasteiger charge is -2.13. The predicted molar refractivity (Wildman–Crippen MR) is 79.3 cm³/mol. The zero-order chi connectivity index (χ0) is 15.2. The molecule has 21 heavy (non-hydrogen) atoms. The second-order valence-corrected chi connectivity index (χ2v) is 5.06. The van der Waals surface area contributed by atoms with Crippen molar-refractivity contribution in [3.8, 4) is 11.8 Å². The van der Waals surface area contributed by atoms with Gasteiger partial charge in [-0.1, -0.05) is 34.1 Å². The van der Waals surface area contributed by atoms with Crippen molar-refractivity contribution in [3.05, 3.63) is 58.1 Å². The summed E-state index contributed by atoms with van der Waals surface area (Å²) < 4.78 is 29.9. The highest BCUT2D eigenvalue weighted by atomic mass is 79.9. The van der Waals surface area contributed by atoms with Crippen LogP contribution in [-0.2, 0) is 6.54 Å². The third-order valence-corrected chi connectivity index (χ3v) is 3.25. The molecular formula is C15H11BrF2N2O. The minimum atomic E-state index is -2.87. The van der Waals surface area contributed by atoms with Crippen LogP contribution < -0.4 is 10.1 Å². The third-order valence-electron chi connectivity index (χ3n) is 2.76. The van der Waals surface area contributed by atoms with E-state index in [1.54, 1.807) is 36.4 Å². The van der Waals surface area contributed by atoms with Crippen LogP contribution >= 0.6 is 15.9 Å². The number of anilines is 1. The molecule has 0 saturated heterocycles. The second kappa shape index (κ2) is 7.04. The number of benzene rings is 2. The number of para-hydroxylation sites is 1. The van der Waals surface area contributed by atoms with Crippen LogP contribution in [0, 0.1) is 11.3 Å². The van der Waals surface area contributed by atoms with E-state index in [0.29, 0.717) is 16.8 Å². The molecule has 2 aromatic rings. The van der Waals surface area contributed by atoms with Crippen molar-refractivity contribution >= 4 is 21.6 Å². The van der Waals surface area contributed by atoms with Crippen molar-refractivity contribution in [2.45, 2.75) is 13.2 Å². The Kier molecular flexibility index (Phi) is 5.12. The Morgan fingerprint density at radius 2 is 2.00 bits per heavy atom. The molecule has 0 bridgehead atoms. The van der Waals surface area contributed by atoms with Gasteiger partial charge in [0, 0.05) is 16.6 Å². The molecule has 108 valence electrons. The second-order valence-electron chi connectivity index (χ2n) is 4.14. The standard InChI is InChI=1S/C15H11BrF2N2O/c16-12-5-6-13(11(7-12)8-19)20-9-10-3-1-2-4-14(10)21-15(17)18/h1-7,15,20H,9H2.